The lowest BCUT2D eigenvalue weighted by atomic mass is 10.0. The first-order chi connectivity index (χ1) is 9.40. The molecule has 5 heteroatoms. The summed E-state index contributed by atoms with van der Waals surface area (Å²) in [6, 6.07) is 6.71. The second kappa shape index (κ2) is 7.67. The molecule has 3 N–H and O–H groups in total. The van der Waals surface area contributed by atoms with Crippen LogP contribution in [0.4, 0.5) is 0 Å². The van der Waals surface area contributed by atoms with E-state index in [-0.39, 0.29) is 12.6 Å². The summed E-state index contributed by atoms with van der Waals surface area (Å²) in [5.74, 6) is -0.248. The maximum absolute atomic E-state index is 10.5. The monoisotopic (exact) mass is 279 g/mol. The Labute approximate surface area is 118 Å². The van der Waals surface area contributed by atoms with Crippen LogP contribution in [0, 0.1) is 0 Å². The molecule has 5 nitrogen and oxygen atoms in total. The van der Waals surface area contributed by atoms with Gasteiger partial charge in [-0.05, 0) is 37.1 Å². The van der Waals surface area contributed by atoms with E-state index < -0.39 is 12.1 Å². The van der Waals surface area contributed by atoms with E-state index in [1.54, 1.807) is 31.2 Å². The predicted octanol–water partition coefficient (Wildman–Crippen LogP) is 1.74. The zero-order valence-corrected chi connectivity index (χ0v) is 11.8. The van der Waals surface area contributed by atoms with Gasteiger partial charge in [0, 0.05) is 6.04 Å². The van der Waals surface area contributed by atoms with Gasteiger partial charge in [0.05, 0.1) is 12.6 Å². The number of nitrogens with one attached hydrogen (secondary N) is 1. The molecular weight excluding hydrogens is 258 g/mol. The van der Waals surface area contributed by atoms with Crippen LogP contribution in [-0.4, -0.2) is 35.4 Å². The van der Waals surface area contributed by atoms with Gasteiger partial charge in [0.2, 0.25) is 0 Å². The summed E-state index contributed by atoms with van der Waals surface area (Å²) in [4.78, 5) is 10.5. The van der Waals surface area contributed by atoms with E-state index in [1.807, 2.05) is 6.92 Å². The van der Waals surface area contributed by atoms with E-state index in [0.717, 1.165) is 5.57 Å². The van der Waals surface area contributed by atoms with Crippen molar-refractivity contribution >= 4 is 5.97 Å². The fraction of sp³-hybridized carbons (Fsp3) is 0.400. The van der Waals surface area contributed by atoms with Gasteiger partial charge < -0.3 is 20.3 Å². The molecule has 0 fully saturated rings. The van der Waals surface area contributed by atoms with Crippen LogP contribution < -0.4 is 10.1 Å². The summed E-state index contributed by atoms with van der Waals surface area (Å²) in [7, 11) is 0. The quantitative estimate of drug-likeness (QED) is 0.632. The third-order valence-corrected chi connectivity index (χ3v) is 2.76. The maximum Gasteiger partial charge on any atom is 0.317 e. The fourth-order valence-electron chi connectivity index (χ4n) is 1.62. The van der Waals surface area contributed by atoms with Crippen LogP contribution in [0.1, 0.15) is 25.5 Å². The molecule has 0 spiro atoms. The highest BCUT2D eigenvalue weighted by atomic mass is 16.5. The molecule has 0 heterocycles. The van der Waals surface area contributed by atoms with E-state index in [1.165, 1.54) is 0 Å². The zero-order chi connectivity index (χ0) is 15.1. The Morgan fingerprint density at radius 2 is 2.00 bits per heavy atom. The molecule has 1 aromatic rings. The molecule has 2 atom stereocenters. The van der Waals surface area contributed by atoms with Gasteiger partial charge in [-0.3, -0.25) is 4.79 Å². The molecule has 0 saturated heterocycles. The number of benzene rings is 1. The lowest BCUT2D eigenvalue weighted by molar-refractivity contribution is -0.136. The molecule has 0 radical (unpaired) electrons. The lowest BCUT2D eigenvalue weighted by Crippen LogP contribution is -2.35. The van der Waals surface area contributed by atoms with Crippen LogP contribution in [0.25, 0.3) is 0 Å². The van der Waals surface area contributed by atoms with Crippen molar-refractivity contribution in [2.45, 2.75) is 26.0 Å². The third-order valence-electron chi connectivity index (χ3n) is 2.76. The van der Waals surface area contributed by atoms with E-state index in [9.17, 15) is 9.90 Å². The van der Waals surface area contributed by atoms with E-state index in [4.69, 9.17) is 9.84 Å². The molecule has 2 unspecified atom stereocenters. The molecule has 0 saturated carbocycles. The molecule has 0 aliphatic heterocycles. The highest BCUT2D eigenvalue weighted by Gasteiger charge is 2.16. The van der Waals surface area contributed by atoms with Gasteiger partial charge in [-0.1, -0.05) is 18.7 Å². The minimum absolute atomic E-state index is 0.183. The second-order valence-corrected chi connectivity index (χ2v) is 4.82. The molecule has 1 rings (SSSR count). The van der Waals surface area contributed by atoms with Crippen LogP contribution in [0.2, 0.25) is 0 Å². The number of ether oxygens (including phenoxy) is 1. The number of carboxylic acids is 1. The number of rotatable bonds is 8. The van der Waals surface area contributed by atoms with Crippen molar-refractivity contribution in [1.29, 1.82) is 0 Å². The third kappa shape index (κ3) is 5.42. The van der Waals surface area contributed by atoms with Gasteiger partial charge in [-0.2, -0.15) is 0 Å². The Morgan fingerprint density at radius 3 is 2.50 bits per heavy atom. The summed E-state index contributed by atoms with van der Waals surface area (Å²) >= 11 is 0. The summed E-state index contributed by atoms with van der Waals surface area (Å²) in [5, 5.41) is 21.4. The topological polar surface area (TPSA) is 78.8 Å². The first kappa shape index (κ1) is 16.2. The van der Waals surface area contributed by atoms with Gasteiger partial charge in [0.15, 0.2) is 0 Å². The van der Waals surface area contributed by atoms with Crippen molar-refractivity contribution in [3.8, 4) is 5.75 Å². The number of carboxylic acid groups (broad SMARTS) is 1. The van der Waals surface area contributed by atoms with Crippen LogP contribution in [0.15, 0.2) is 36.4 Å². The highest BCUT2D eigenvalue weighted by molar-refractivity contribution is 5.69. The first-order valence-electron chi connectivity index (χ1n) is 6.40. The predicted molar refractivity (Wildman–Crippen MR) is 76.8 cm³/mol. The van der Waals surface area contributed by atoms with Crippen molar-refractivity contribution < 1.29 is 19.7 Å². The highest BCUT2D eigenvalue weighted by Crippen LogP contribution is 2.20. The summed E-state index contributed by atoms with van der Waals surface area (Å²) in [6.45, 7) is 7.65. The van der Waals surface area contributed by atoms with Gasteiger partial charge in [-0.15, -0.1) is 0 Å². The lowest BCUT2D eigenvalue weighted by Gasteiger charge is -2.20. The molecule has 110 valence electrons. The number of carbonyl (C=O) groups is 1. The van der Waals surface area contributed by atoms with Crippen LogP contribution in [0.5, 0.6) is 5.75 Å². The van der Waals surface area contributed by atoms with Gasteiger partial charge in [-0.25, -0.2) is 0 Å². The fourth-order valence-corrected chi connectivity index (χ4v) is 1.62. The summed E-state index contributed by atoms with van der Waals surface area (Å²) in [5.41, 5.74) is 1.64. The van der Waals surface area contributed by atoms with Crippen molar-refractivity contribution in [1.82, 2.24) is 5.32 Å². The number of aliphatic hydroxyl groups excluding tert-OH is 1. The van der Waals surface area contributed by atoms with Crippen LogP contribution in [-0.2, 0) is 4.79 Å². The Morgan fingerprint density at radius 1 is 1.40 bits per heavy atom. The normalized spacial score (nSPS) is 13.6. The molecule has 0 bridgehead atoms. The molecule has 0 aliphatic rings. The number of aliphatic hydroxyl groups is 1. The molecule has 20 heavy (non-hydrogen) atoms. The van der Waals surface area contributed by atoms with Crippen molar-refractivity contribution in [2.24, 2.45) is 0 Å². The summed E-state index contributed by atoms with van der Waals surface area (Å²) < 4.78 is 5.47. The van der Waals surface area contributed by atoms with E-state index >= 15 is 0 Å². The smallest absolute Gasteiger partial charge is 0.317 e. The van der Waals surface area contributed by atoms with Crippen molar-refractivity contribution in [3.63, 3.8) is 0 Å². The Bertz CT molecular complexity index is 455. The largest absolute Gasteiger partial charge is 0.489 e. The molecule has 0 amide bonds. The molecule has 0 aliphatic carbocycles. The van der Waals surface area contributed by atoms with Gasteiger partial charge >= 0.3 is 5.97 Å². The number of aliphatic carboxylic acids is 1. The number of hydrogen-bond donors (Lipinski definition) is 3. The van der Waals surface area contributed by atoms with Crippen molar-refractivity contribution in [2.75, 3.05) is 13.2 Å². The SMILES string of the molecule is C=C(C)COc1ccc(C(O)C(C)NCC(=O)O)cc1. The Kier molecular flexibility index (Phi) is 6.21. The van der Waals surface area contributed by atoms with Crippen LogP contribution in [0.3, 0.4) is 0 Å². The van der Waals surface area contributed by atoms with E-state index in [2.05, 4.69) is 11.9 Å². The van der Waals surface area contributed by atoms with E-state index in [0.29, 0.717) is 17.9 Å². The Hall–Kier alpha value is -1.85. The van der Waals surface area contributed by atoms with Crippen molar-refractivity contribution in [3.05, 3.63) is 42.0 Å². The summed E-state index contributed by atoms with van der Waals surface area (Å²) in [6.07, 6.45) is -0.774. The number of hydrogen-bond acceptors (Lipinski definition) is 4. The Balaban J connectivity index is 2.58. The zero-order valence-electron chi connectivity index (χ0n) is 11.8. The average Bonchev–Trinajstić information content (AvgIpc) is 2.42. The van der Waals surface area contributed by atoms with Gasteiger partial charge in [0.1, 0.15) is 12.4 Å². The minimum Gasteiger partial charge on any atom is -0.489 e. The van der Waals surface area contributed by atoms with Crippen LogP contribution >= 0.6 is 0 Å². The van der Waals surface area contributed by atoms with Gasteiger partial charge in [0.25, 0.3) is 0 Å². The molecule has 0 aromatic heterocycles. The molecule has 1 aromatic carbocycles. The maximum atomic E-state index is 10.5. The second-order valence-electron chi connectivity index (χ2n) is 4.82. The average molecular weight is 279 g/mol. The standard InChI is InChI=1S/C15H21NO4/c1-10(2)9-20-13-6-4-12(5-7-13)15(19)11(3)16-8-14(17)18/h4-7,11,15-16,19H,1,8-9H2,2-3H3,(H,17,18). The molecular formula is C15H21NO4. The first-order valence-corrected chi connectivity index (χ1v) is 6.40. The minimum atomic E-state index is -0.951.